The van der Waals surface area contributed by atoms with Crippen LogP contribution in [0.15, 0.2) is 0 Å². The molecule has 0 atom stereocenters. The number of thioether (sulfide) groups is 1. The van der Waals surface area contributed by atoms with E-state index < -0.39 is 0 Å². The van der Waals surface area contributed by atoms with E-state index in [0.29, 0.717) is 0 Å². The molecule has 0 unspecified atom stereocenters. The Kier molecular flexibility index (Phi) is 9.66. The van der Waals surface area contributed by atoms with Gasteiger partial charge in [-0.3, -0.25) is 4.79 Å². The summed E-state index contributed by atoms with van der Waals surface area (Å²) in [6.45, 7) is 0.836. The van der Waals surface area contributed by atoms with Gasteiger partial charge < -0.3 is 5.32 Å². The Morgan fingerprint density at radius 3 is 2.64 bits per heavy atom. The first kappa shape index (κ1) is 10.8. The molecule has 3 heteroatoms. The van der Waals surface area contributed by atoms with E-state index in [-0.39, 0.29) is 0 Å². The fraction of sp³-hybridized carbons (Fsp3) is 0.875. The minimum atomic E-state index is 0.766. The van der Waals surface area contributed by atoms with Crippen LogP contribution in [0.1, 0.15) is 25.7 Å². The van der Waals surface area contributed by atoms with Crippen molar-refractivity contribution in [1.29, 1.82) is 0 Å². The summed E-state index contributed by atoms with van der Waals surface area (Å²) in [6.07, 6.45) is 7.86. The van der Waals surface area contributed by atoms with Crippen molar-refractivity contribution in [3.05, 3.63) is 0 Å². The second-order valence-electron chi connectivity index (χ2n) is 2.48. The van der Waals surface area contributed by atoms with Gasteiger partial charge in [0.1, 0.15) is 0 Å². The molecule has 0 heterocycles. The van der Waals surface area contributed by atoms with Crippen LogP contribution in [0.25, 0.3) is 0 Å². The minimum Gasteiger partial charge on any atom is -0.359 e. The number of nitrogens with one attached hydrogen (secondary N) is 1. The van der Waals surface area contributed by atoms with E-state index in [9.17, 15) is 4.79 Å². The van der Waals surface area contributed by atoms with Crippen LogP contribution in [0, 0.1) is 0 Å². The molecule has 0 spiro atoms. The van der Waals surface area contributed by atoms with Crippen molar-refractivity contribution >= 4 is 18.2 Å². The maximum atomic E-state index is 9.83. The molecule has 0 rings (SSSR count). The zero-order valence-electron chi connectivity index (χ0n) is 7.14. The number of carbonyl (C=O) groups is 1. The molecule has 11 heavy (non-hydrogen) atoms. The lowest BCUT2D eigenvalue weighted by atomic mass is 10.2. The molecular weight excluding hydrogens is 158 g/mol. The van der Waals surface area contributed by atoms with Crippen molar-refractivity contribution in [2.24, 2.45) is 0 Å². The van der Waals surface area contributed by atoms with Crippen LogP contribution in [0.3, 0.4) is 0 Å². The van der Waals surface area contributed by atoms with Gasteiger partial charge in [0.2, 0.25) is 6.41 Å². The molecule has 0 saturated heterocycles. The van der Waals surface area contributed by atoms with Crippen molar-refractivity contribution in [2.75, 3.05) is 18.6 Å². The smallest absolute Gasteiger partial charge is 0.207 e. The predicted molar refractivity (Wildman–Crippen MR) is 50.9 cm³/mol. The van der Waals surface area contributed by atoms with Crippen LogP contribution in [0.5, 0.6) is 0 Å². The Hall–Kier alpha value is -0.180. The lowest BCUT2D eigenvalue weighted by Gasteiger charge is -1.98. The van der Waals surface area contributed by atoms with Crippen molar-refractivity contribution in [3.63, 3.8) is 0 Å². The second kappa shape index (κ2) is 9.82. The molecule has 1 amide bonds. The quantitative estimate of drug-likeness (QED) is 0.449. The van der Waals surface area contributed by atoms with Gasteiger partial charge in [-0.25, -0.2) is 0 Å². The van der Waals surface area contributed by atoms with Gasteiger partial charge in [0.05, 0.1) is 0 Å². The van der Waals surface area contributed by atoms with Crippen LogP contribution in [0.2, 0.25) is 0 Å². The Balaban J connectivity index is 2.74. The third kappa shape index (κ3) is 9.82. The Morgan fingerprint density at radius 2 is 2.00 bits per heavy atom. The summed E-state index contributed by atoms with van der Waals surface area (Å²) in [6, 6.07) is 0. The summed E-state index contributed by atoms with van der Waals surface area (Å²) >= 11 is 1.90. The number of hydrogen-bond donors (Lipinski definition) is 1. The summed E-state index contributed by atoms with van der Waals surface area (Å²) < 4.78 is 0. The molecule has 0 aliphatic rings. The molecule has 0 fully saturated rings. The van der Waals surface area contributed by atoms with Crippen LogP contribution >= 0.6 is 11.8 Å². The highest BCUT2D eigenvalue weighted by atomic mass is 32.2. The number of unbranched alkanes of at least 4 members (excludes halogenated alkanes) is 3. The molecule has 0 saturated carbocycles. The average Bonchev–Trinajstić information content (AvgIpc) is 2.03. The zero-order valence-corrected chi connectivity index (χ0v) is 7.95. The number of carbonyl (C=O) groups excluding carboxylic acids is 1. The van der Waals surface area contributed by atoms with Crippen molar-refractivity contribution < 1.29 is 4.79 Å². The first-order valence-corrected chi connectivity index (χ1v) is 5.47. The van der Waals surface area contributed by atoms with Gasteiger partial charge in [0.25, 0.3) is 0 Å². The van der Waals surface area contributed by atoms with Crippen LogP contribution in [0.4, 0.5) is 0 Å². The summed E-state index contributed by atoms with van der Waals surface area (Å²) in [5, 5.41) is 2.65. The van der Waals surface area contributed by atoms with Gasteiger partial charge in [0, 0.05) is 6.54 Å². The molecule has 0 aliphatic carbocycles. The molecule has 0 bridgehead atoms. The molecule has 0 aromatic carbocycles. The highest BCUT2D eigenvalue weighted by Crippen LogP contribution is 2.03. The Morgan fingerprint density at radius 1 is 1.27 bits per heavy atom. The van der Waals surface area contributed by atoms with Gasteiger partial charge in [-0.05, 0) is 24.9 Å². The molecule has 2 nitrogen and oxygen atoms in total. The first-order chi connectivity index (χ1) is 5.41. The maximum absolute atomic E-state index is 9.83. The number of hydrogen-bond acceptors (Lipinski definition) is 2. The van der Waals surface area contributed by atoms with Gasteiger partial charge in [-0.2, -0.15) is 11.8 Å². The average molecular weight is 175 g/mol. The van der Waals surface area contributed by atoms with E-state index in [4.69, 9.17) is 0 Å². The standard InChI is InChI=1S/C8H17NOS/c1-11-7-5-3-2-4-6-9-8-10/h8H,2-7H2,1H3,(H,9,10). The van der Waals surface area contributed by atoms with Crippen molar-refractivity contribution in [3.8, 4) is 0 Å². The normalized spacial score (nSPS) is 9.55. The van der Waals surface area contributed by atoms with Gasteiger partial charge in [-0.1, -0.05) is 12.8 Å². The second-order valence-corrected chi connectivity index (χ2v) is 3.46. The van der Waals surface area contributed by atoms with Gasteiger partial charge in [0.15, 0.2) is 0 Å². The zero-order chi connectivity index (χ0) is 8.36. The lowest BCUT2D eigenvalue weighted by Crippen LogP contribution is -2.11. The van der Waals surface area contributed by atoms with Gasteiger partial charge in [-0.15, -0.1) is 0 Å². The van der Waals surface area contributed by atoms with E-state index in [1.54, 1.807) is 0 Å². The van der Waals surface area contributed by atoms with E-state index in [0.717, 1.165) is 19.4 Å². The molecule has 0 aromatic heterocycles. The molecule has 1 N–H and O–H groups in total. The topological polar surface area (TPSA) is 29.1 Å². The van der Waals surface area contributed by atoms with Gasteiger partial charge >= 0.3 is 0 Å². The summed E-state index contributed by atoms with van der Waals surface area (Å²) in [5.74, 6) is 1.26. The molecular formula is C8H17NOS. The highest BCUT2D eigenvalue weighted by Gasteiger charge is 1.88. The number of amides is 1. The van der Waals surface area contributed by atoms with Crippen molar-refractivity contribution in [1.82, 2.24) is 5.32 Å². The summed E-state index contributed by atoms with van der Waals surface area (Å²) in [5.41, 5.74) is 0. The van der Waals surface area contributed by atoms with Crippen LogP contribution in [-0.4, -0.2) is 25.0 Å². The van der Waals surface area contributed by atoms with Crippen LogP contribution < -0.4 is 5.32 Å². The van der Waals surface area contributed by atoms with E-state index in [1.807, 2.05) is 11.8 Å². The molecule has 0 radical (unpaired) electrons. The summed E-state index contributed by atoms with van der Waals surface area (Å²) in [7, 11) is 0. The van der Waals surface area contributed by atoms with Crippen molar-refractivity contribution in [2.45, 2.75) is 25.7 Å². The maximum Gasteiger partial charge on any atom is 0.207 e. The van der Waals surface area contributed by atoms with Crippen LogP contribution in [-0.2, 0) is 4.79 Å². The molecule has 0 aromatic rings. The number of rotatable bonds is 8. The lowest BCUT2D eigenvalue weighted by molar-refractivity contribution is -0.109. The largest absolute Gasteiger partial charge is 0.359 e. The predicted octanol–water partition coefficient (Wildman–Crippen LogP) is 1.66. The molecule has 66 valence electrons. The van der Waals surface area contributed by atoms with E-state index in [2.05, 4.69) is 11.6 Å². The third-order valence-corrected chi connectivity index (χ3v) is 2.20. The first-order valence-electron chi connectivity index (χ1n) is 4.07. The summed E-state index contributed by atoms with van der Waals surface area (Å²) in [4.78, 5) is 9.83. The minimum absolute atomic E-state index is 0.766. The third-order valence-electron chi connectivity index (χ3n) is 1.50. The fourth-order valence-corrected chi connectivity index (χ4v) is 1.38. The van der Waals surface area contributed by atoms with E-state index in [1.165, 1.54) is 25.0 Å². The monoisotopic (exact) mass is 175 g/mol. The highest BCUT2D eigenvalue weighted by molar-refractivity contribution is 7.98. The Labute approximate surface area is 73.1 Å². The SMILES string of the molecule is CSCCCCCCNC=O. The fourth-order valence-electron chi connectivity index (χ4n) is 0.886. The Bertz CT molecular complexity index is 88.2. The molecule has 0 aliphatic heterocycles. The van der Waals surface area contributed by atoms with E-state index >= 15 is 0 Å².